The van der Waals surface area contributed by atoms with Gasteiger partial charge in [-0.05, 0) is 99.4 Å². The molecule has 198 valence electrons. The number of hydrogen-bond donors (Lipinski definition) is 1. The Morgan fingerprint density at radius 2 is 1.66 bits per heavy atom. The van der Waals surface area contributed by atoms with Crippen LogP contribution in [0.3, 0.4) is 0 Å². The number of rotatable bonds is 9. The topological polar surface area (TPSA) is 71.1 Å². The minimum Gasteiger partial charge on any atom is -0.454 e. The van der Waals surface area contributed by atoms with Crippen LogP contribution in [0.5, 0.6) is 11.5 Å². The minimum atomic E-state index is -0.536. The van der Waals surface area contributed by atoms with Gasteiger partial charge < -0.3 is 24.6 Å². The molecule has 1 heterocycles. The van der Waals surface area contributed by atoms with Crippen LogP contribution in [-0.4, -0.2) is 62.1 Å². The molecule has 0 bridgehead atoms. The highest BCUT2D eigenvalue weighted by Crippen LogP contribution is 2.51. The summed E-state index contributed by atoms with van der Waals surface area (Å²) >= 11 is 0. The van der Waals surface area contributed by atoms with Gasteiger partial charge >= 0.3 is 0 Å². The lowest BCUT2D eigenvalue weighted by Gasteiger charge is -2.23. The van der Waals surface area contributed by atoms with Crippen molar-refractivity contribution in [2.24, 2.45) is 0 Å². The number of carbonyl (C=O) groups is 2. The second-order valence-corrected chi connectivity index (χ2v) is 10.4. The predicted octanol–water partition coefficient (Wildman–Crippen LogP) is 5.08. The van der Waals surface area contributed by atoms with Crippen molar-refractivity contribution in [3.05, 3.63) is 77.4 Å². The molecule has 38 heavy (non-hydrogen) atoms. The Balaban J connectivity index is 1.31. The average Bonchev–Trinajstić information content (AvgIpc) is 3.60. The Morgan fingerprint density at radius 1 is 0.921 bits per heavy atom. The average molecular weight is 514 g/mol. The van der Waals surface area contributed by atoms with Gasteiger partial charge in [-0.1, -0.05) is 24.3 Å². The van der Waals surface area contributed by atoms with Gasteiger partial charge in [0.25, 0.3) is 5.91 Å². The Hall–Kier alpha value is -3.84. The van der Waals surface area contributed by atoms with Crippen molar-refractivity contribution in [2.45, 2.75) is 32.1 Å². The van der Waals surface area contributed by atoms with E-state index in [0.717, 1.165) is 53.1 Å². The Morgan fingerprint density at radius 3 is 2.34 bits per heavy atom. The van der Waals surface area contributed by atoms with Crippen LogP contribution in [0.15, 0.2) is 60.7 Å². The van der Waals surface area contributed by atoms with Gasteiger partial charge in [0.1, 0.15) is 0 Å². The Kier molecular flexibility index (Phi) is 7.13. The summed E-state index contributed by atoms with van der Waals surface area (Å²) in [6, 6.07) is 19.5. The molecule has 0 spiro atoms. The van der Waals surface area contributed by atoms with Crippen LogP contribution >= 0.6 is 0 Å². The third-order valence-corrected chi connectivity index (χ3v) is 7.53. The van der Waals surface area contributed by atoms with Crippen molar-refractivity contribution < 1.29 is 19.1 Å². The third-order valence-electron chi connectivity index (χ3n) is 7.53. The first-order valence-corrected chi connectivity index (χ1v) is 13.2. The monoisotopic (exact) mass is 513 g/mol. The molecule has 3 aromatic rings. The lowest BCUT2D eigenvalue weighted by atomic mass is 9.94. The van der Waals surface area contributed by atoms with Gasteiger partial charge in [0.15, 0.2) is 11.5 Å². The van der Waals surface area contributed by atoms with E-state index < -0.39 is 5.41 Å². The van der Waals surface area contributed by atoms with Crippen molar-refractivity contribution in [3.8, 4) is 22.6 Å². The number of ether oxygens (including phenoxy) is 2. The summed E-state index contributed by atoms with van der Waals surface area (Å²) in [5, 5.41) is 3.15. The van der Waals surface area contributed by atoms with Crippen molar-refractivity contribution in [1.29, 1.82) is 0 Å². The number of likely N-dealkylation sites (N-methyl/N-ethyl adjacent to an activating group) is 2. The summed E-state index contributed by atoms with van der Waals surface area (Å²) < 4.78 is 10.9. The molecule has 0 unspecified atom stereocenters. The van der Waals surface area contributed by atoms with E-state index in [2.05, 4.69) is 17.1 Å². The molecule has 7 nitrogen and oxygen atoms in total. The molecule has 5 rings (SSSR count). The number of amides is 2. The molecule has 0 radical (unpaired) electrons. The van der Waals surface area contributed by atoms with Crippen LogP contribution < -0.4 is 14.8 Å². The molecular formula is C31H35N3O4. The van der Waals surface area contributed by atoms with Crippen molar-refractivity contribution in [3.63, 3.8) is 0 Å². The van der Waals surface area contributed by atoms with E-state index in [1.54, 1.807) is 0 Å². The van der Waals surface area contributed by atoms with Crippen LogP contribution in [0.25, 0.3) is 11.1 Å². The largest absolute Gasteiger partial charge is 0.454 e. The molecular weight excluding hydrogens is 478 g/mol. The lowest BCUT2D eigenvalue weighted by molar-refractivity contribution is -0.118. The van der Waals surface area contributed by atoms with E-state index in [-0.39, 0.29) is 18.6 Å². The number of hydrogen-bond acceptors (Lipinski definition) is 5. The number of carbonyl (C=O) groups excluding carboxylic acids is 2. The SMILES string of the molecule is CCN(CCN(C)C)C(=O)c1ccc(-c2cc(NC(=O)C3(c4ccc5c(c4)OCO5)CC3)ccc2C)cc1. The maximum Gasteiger partial charge on any atom is 0.253 e. The molecule has 1 saturated carbocycles. The fourth-order valence-electron chi connectivity index (χ4n) is 4.93. The molecule has 2 amide bonds. The quantitative estimate of drug-likeness (QED) is 0.432. The summed E-state index contributed by atoms with van der Waals surface area (Å²) in [5.41, 5.74) is 4.97. The van der Waals surface area contributed by atoms with Crippen molar-refractivity contribution in [2.75, 3.05) is 45.8 Å². The van der Waals surface area contributed by atoms with Crippen LogP contribution in [0, 0.1) is 6.92 Å². The van der Waals surface area contributed by atoms with Gasteiger partial charge in [-0.25, -0.2) is 0 Å². The second kappa shape index (κ2) is 10.5. The van der Waals surface area contributed by atoms with E-state index in [0.29, 0.717) is 24.4 Å². The fourth-order valence-corrected chi connectivity index (χ4v) is 4.93. The molecule has 2 aliphatic rings. The summed E-state index contributed by atoms with van der Waals surface area (Å²) in [6.45, 7) is 6.46. The Bertz CT molecular complexity index is 1350. The van der Waals surface area contributed by atoms with Crippen LogP contribution in [-0.2, 0) is 10.2 Å². The highest BCUT2D eigenvalue weighted by Gasteiger charge is 2.51. The van der Waals surface area contributed by atoms with Crippen molar-refractivity contribution in [1.82, 2.24) is 9.80 Å². The molecule has 0 aromatic heterocycles. The first kappa shape index (κ1) is 25.8. The highest BCUT2D eigenvalue weighted by molar-refractivity contribution is 6.02. The zero-order chi connectivity index (χ0) is 26.9. The highest BCUT2D eigenvalue weighted by atomic mass is 16.7. The third kappa shape index (κ3) is 5.11. The molecule has 0 atom stereocenters. The van der Waals surface area contributed by atoms with E-state index in [1.165, 1.54) is 0 Å². The molecule has 3 aromatic carbocycles. The predicted molar refractivity (Wildman–Crippen MR) is 149 cm³/mol. The van der Waals surface area contributed by atoms with Crippen LogP contribution in [0.2, 0.25) is 0 Å². The number of aryl methyl sites for hydroxylation is 1. The van der Waals surface area contributed by atoms with Crippen LogP contribution in [0.1, 0.15) is 41.3 Å². The van der Waals surface area contributed by atoms with E-state index in [1.807, 2.05) is 86.6 Å². The van der Waals surface area contributed by atoms with Gasteiger partial charge in [-0.2, -0.15) is 0 Å². The van der Waals surface area contributed by atoms with Gasteiger partial charge in [-0.15, -0.1) is 0 Å². The van der Waals surface area contributed by atoms with E-state index in [4.69, 9.17) is 9.47 Å². The molecule has 0 saturated heterocycles. The van der Waals surface area contributed by atoms with E-state index in [9.17, 15) is 9.59 Å². The van der Waals surface area contributed by atoms with E-state index >= 15 is 0 Å². The summed E-state index contributed by atoms with van der Waals surface area (Å²) in [6.07, 6.45) is 1.60. The normalized spacial score (nSPS) is 14.9. The number of fused-ring (bicyclic) bond motifs is 1. The number of benzene rings is 3. The molecule has 7 heteroatoms. The number of anilines is 1. The van der Waals surface area contributed by atoms with Gasteiger partial charge in [0.05, 0.1) is 5.41 Å². The zero-order valence-electron chi connectivity index (χ0n) is 22.5. The summed E-state index contributed by atoms with van der Waals surface area (Å²) in [4.78, 5) is 30.4. The number of nitrogens with zero attached hydrogens (tertiary/aromatic N) is 2. The first-order chi connectivity index (χ1) is 18.3. The summed E-state index contributed by atoms with van der Waals surface area (Å²) in [7, 11) is 4.02. The lowest BCUT2D eigenvalue weighted by Crippen LogP contribution is -2.36. The van der Waals surface area contributed by atoms with Crippen molar-refractivity contribution >= 4 is 17.5 Å². The second-order valence-electron chi connectivity index (χ2n) is 10.4. The maximum absolute atomic E-state index is 13.4. The standard InChI is InChI=1S/C31H35N3O4/c1-5-34(17-16-33(3)4)29(35)23-9-7-22(8-10-23)26-19-25(12-6-21(26)2)32-30(36)31(14-15-31)24-11-13-27-28(18-24)38-20-37-27/h6-13,18-19H,5,14-17,20H2,1-4H3,(H,32,36). The molecule has 1 aliphatic carbocycles. The molecule has 1 fully saturated rings. The smallest absolute Gasteiger partial charge is 0.253 e. The maximum atomic E-state index is 13.4. The fraction of sp³-hybridized carbons (Fsp3) is 0.355. The minimum absolute atomic E-state index is 0.00973. The molecule has 1 aliphatic heterocycles. The van der Waals surface area contributed by atoms with Gasteiger partial charge in [-0.3, -0.25) is 9.59 Å². The first-order valence-electron chi connectivity index (χ1n) is 13.2. The van der Waals surface area contributed by atoms with Gasteiger partial charge in [0, 0.05) is 30.9 Å². The van der Waals surface area contributed by atoms with Crippen LogP contribution in [0.4, 0.5) is 5.69 Å². The zero-order valence-corrected chi connectivity index (χ0v) is 22.5. The number of nitrogens with one attached hydrogen (secondary N) is 1. The van der Waals surface area contributed by atoms with Gasteiger partial charge in [0.2, 0.25) is 12.7 Å². The molecule has 1 N–H and O–H groups in total. The summed E-state index contributed by atoms with van der Waals surface area (Å²) in [5.74, 6) is 1.44. The Labute approximate surface area is 224 Å².